The number of ether oxygens (including phenoxy) is 2. The quantitative estimate of drug-likeness (QED) is 0.311. The number of rotatable bonds is 6. The molecule has 0 aliphatic rings. The van der Waals surface area contributed by atoms with Crippen LogP contribution in [0.3, 0.4) is 0 Å². The number of benzene rings is 3. The van der Waals surface area contributed by atoms with Gasteiger partial charge >= 0.3 is 0 Å². The Bertz CT molecular complexity index is 1170. The second kappa shape index (κ2) is 9.98. The number of fused-ring (bicyclic) bond motifs is 1. The van der Waals surface area contributed by atoms with Crippen LogP contribution in [0.15, 0.2) is 71.5 Å². The second-order valence-corrected chi connectivity index (χ2v) is 7.58. The minimum atomic E-state index is 0. The van der Waals surface area contributed by atoms with E-state index < -0.39 is 0 Å². The Morgan fingerprint density at radius 3 is 2.63 bits per heavy atom. The van der Waals surface area contributed by atoms with Gasteiger partial charge < -0.3 is 14.8 Å². The van der Waals surface area contributed by atoms with E-state index >= 15 is 0 Å². The normalized spacial score (nSPS) is 10.4. The van der Waals surface area contributed by atoms with Gasteiger partial charge in [0.25, 0.3) is 0 Å². The SMILES string of the molecule is COc1ccccc1COc1ccc(Nc2ncnc3ccc(Br)cc23)cc1Cl.Cl. The lowest BCUT2D eigenvalue weighted by Gasteiger charge is -2.13. The Balaban J connectivity index is 0.00000256. The summed E-state index contributed by atoms with van der Waals surface area (Å²) in [4.78, 5) is 8.65. The Labute approximate surface area is 193 Å². The summed E-state index contributed by atoms with van der Waals surface area (Å²) < 4.78 is 12.2. The summed E-state index contributed by atoms with van der Waals surface area (Å²) in [7, 11) is 1.64. The summed E-state index contributed by atoms with van der Waals surface area (Å²) in [5.74, 6) is 2.08. The highest BCUT2D eigenvalue weighted by Gasteiger charge is 2.09. The summed E-state index contributed by atoms with van der Waals surface area (Å²) >= 11 is 9.93. The second-order valence-electron chi connectivity index (χ2n) is 6.25. The number of hydrogen-bond acceptors (Lipinski definition) is 5. The molecule has 4 aromatic rings. The van der Waals surface area contributed by atoms with Crippen LogP contribution in [0.2, 0.25) is 5.02 Å². The van der Waals surface area contributed by atoms with Crippen LogP contribution in [0.5, 0.6) is 11.5 Å². The van der Waals surface area contributed by atoms with E-state index in [-0.39, 0.29) is 12.4 Å². The molecule has 0 saturated heterocycles. The molecule has 0 saturated carbocycles. The van der Waals surface area contributed by atoms with Gasteiger partial charge in [-0.2, -0.15) is 0 Å². The van der Waals surface area contributed by atoms with E-state index in [1.165, 1.54) is 6.33 Å². The fourth-order valence-electron chi connectivity index (χ4n) is 2.94. The molecule has 4 rings (SSSR count). The van der Waals surface area contributed by atoms with Gasteiger partial charge in [-0.15, -0.1) is 12.4 Å². The fraction of sp³-hybridized carbons (Fsp3) is 0.0909. The van der Waals surface area contributed by atoms with Gasteiger partial charge in [-0.05, 0) is 42.5 Å². The first kappa shape index (κ1) is 22.2. The summed E-state index contributed by atoms with van der Waals surface area (Å²) in [5.41, 5.74) is 2.61. The Morgan fingerprint density at radius 1 is 1.00 bits per heavy atom. The predicted octanol–water partition coefficient (Wildman–Crippen LogP) is 6.80. The van der Waals surface area contributed by atoms with Gasteiger partial charge in [0.05, 0.1) is 17.6 Å². The number of hydrogen-bond donors (Lipinski definition) is 1. The van der Waals surface area contributed by atoms with E-state index in [2.05, 4.69) is 31.2 Å². The van der Waals surface area contributed by atoms with E-state index in [9.17, 15) is 0 Å². The highest BCUT2D eigenvalue weighted by Crippen LogP contribution is 2.32. The van der Waals surface area contributed by atoms with Crippen molar-refractivity contribution in [1.82, 2.24) is 9.97 Å². The molecule has 0 radical (unpaired) electrons. The number of nitrogens with zero attached hydrogens (tertiary/aromatic N) is 2. The number of aromatic nitrogens is 2. The molecule has 0 atom stereocenters. The average molecular weight is 507 g/mol. The van der Waals surface area contributed by atoms with Crippen molar-refractivity contribution in [2.45, 2.75) is 6.61 Å². The third-order valence-corrected chi connectivity index (χ3v) is 5.16. The van der Waals surface area contributed by atoms with Crippen LogP contribution < -0.4 is 14.8 Å². The van der Waals surface area contributed by atoms with Crippen molar-refractivity contribution in [1.29, 1.82) is 0 Å². The van der Waals surface area contributed by atoms with E-state index in [1.807, 2.05) is 60.7 Å². The van der Waals surface area contributed by atoms with E-state index in [0.29, 0.717) is 23.2 Å². The lowest BCUT2D eigenvalue weighted by Crippen LogP contribution is -2.00. The van der Waals surface area contributed by atoms with Gasteiger partial charge in [-0.3, -0.25) is 0 Å². The maximum atomic E-state index is 6.44. The molecule has 8 heteroatoms. The van der Waals surface area contributed by atoms with Crippen LogP contribution in [0.4, 0.5) is 11.5 Å². The summed E-state index contributed by atoms with van der Waals surface area (Å²) in [6.45, 7) is 0.362. The first-order chi connectivity index (χ1) is 14.1. The van der Waals surface area contributed by atoms with Crippen LogP contribution in [0.1, 0.15) is 5.56 Å². The molecule has 154 valence electrons. The zero-order valence-electron chi connectivity index (χ0n) is 15.9. The first-order valence-electron chi connectivity index (χ1n) is 8.85. The molecule has 1 aromatic heterocycles. The van der Waals surface area contributed by atoms with Crippen molar-refractivity contribution >= 4 is 62.3 Å². The largest absolute Gasteiger partial charge is 0.496 e. The Hall–Kier alpha value is -2.54. The topological polar surface area (TPSA) is 56.3 Å². The Morgan fingerprint density at radius 2 is 1.83 bits per heavy atom. The highest BCUT2D eigenvalue weighted by atomic mass is 79.9. The minimum Gasteiger partial charge on any atom is -0.496 e. The maximum Gasteiger partial charge on any atom is 0.141 e. The zero-order chi connectivity index (χ0) is 20.2. The third kappa shape index (κ3) is 4.95. The molecule has 0 fully saturated rings. The van der Waals surface area contributed by atoms with E-state index in [0.717, 1.165) is 32.4 Å². The lowest BCUT2D eigenvalue weighted by atomic mass is 10.2. The van der Waals surface area contributed by atoms with Crippen molar-refractivity contribution in [3.8, 4) is 11.5 Å². The average Bonchev–Trinajstić information content (AvgIpc) is 2.74. The number of halogens is 3. The molecule has 0 aliphatic heterocycles. The molecule has 3 aromatic carbocycles. The van der Waals surface area contributed by atoms with Crippen LogP contribution in [-0.4, -0.2) is 17.1 Å². The van der Waals surface area contributed by atoms with Gasteiger partial charge in [0.1, 0.15) is 30.3 Å². The van der Waals surface area contributed by atoms with Gasteiger partial charge in [-0.1, -0.05) is 45.7 Å². The van der Waals surface area contributed by atoms with Crippen molar-refractivity contribution < 1.29 is 9.47 Å². The number of para-hydroxylation sites is 1. The molecule has 5 nitrogen and oxygen atoms in total. The van der Waals surface area contributed by atoms with Crippen molar-refractivity contribution in [2.24, 2.45) is 0 Å². The van der Waals surface area contributed by atoms with Gasteiger partial charge in [-0.25, -0.2) is 9.97 Å². The number of nitrogens with one attached hydrogen (secondary N) is 1. The number of methoxy groups -OCH3 is 1. The van der Waals surface area contributed by atoms with Crippen LogP contribution in [0, 0.1) is 0 Å². The molecular weight excluding hydrogens is 489 g/mol. The molecule has 0 aliphatic carbocycles. The van der Waals surface area contributed by atoms with Crippen molar-refractivity contribution in [3.63, 3.8) is 0 Å². The van der Waals surface area contributed by atoms with Gasteiger partial charge in [0.2, 0.25) is 0 Å². The van der Waals surface area contributed by atoms with E-state index in [1.54, 1.807) is 7.11 Å². The van der Waals surface area contributed by atoms with Crippen LogP contribution >= 0.6 is 39.9 Å². The molecule has 1 N–H and O–H groups in total. The standard InChI is InChI=1S/C22H17BrClN3O2.ClH/c1-28-20-5-3-2-4-14(20)12-29-21-9-7-16(11-18(21)24)27-22-17-10-15(23)6-8-19(17)25-13-26-22;/h2-11,13H,12H2,1H3,(H,25,26,27);1H. The van der Waals surface area contributed by atoms with Crippen molar-refractivity contribution in [2.75, 3.05) is 12.4 Å². The maximum absolute atomic E-state index is 6.44. The molecule has 30 heavy (non-hydrogen) atoms. The fourth-order valence-corrected chi connectivity index (χ4v) is 3.53. The highest BCUT2D eigenvalue weighted by molar-refractivity contribution is 9.10. The smallest absolute Gasteiger partial charge is 0.141 e. The summed E-state index contributed by atoms with van der Waals surface area (Å²) in [6.07, 6.45) is 1.53. The zero-order valence-corrected chi connectivity index (χ0v) is 19.1. The molecular formula is C22H18BrCl2N3O2. The van der Waals surface area contributed by atoms with Crippen molar-refractivity contribution in [3.05, 3.63) is 82.0 Å². The van der Waals surface area contributed by atoms with Gasteiger partial charge in [0, 0.05) is 21.1 Å². The monoisotopic (exact) mass is 505 g/mol. The minimum absolute atomic E-state index is 0. The molecule has 0 amide bonds. The summed E-state index contributed by atoms with van der Waals surface area (Å²) in [5, 5.41) is 4.72. The first-order valence-corrected chi connectivity index (χ1v) is 10.0. The van der Waals surface area contributed by atoms with Crippen LogP contribution in [0.25, 0.3) is 10.9 Å². The third-order valence-electron chi connectivity index (χ3n) is 4.37. The van der Waals surface area contributed by atoms with Crippen LogP contribution in [-0.2, 0) is 6.61 Å². The molecule has 0 bridgehead atoms. The molecule has 0 unspecified atom stereocenters. The number of anilines is 2. The van der Waals surface area contributed by atoms with Gasteiger partial charge in [0.15, 0.2) is 0 Å². The Kier molecular flexibility index (Phi) is 7.37. The lowest BCUT2D eigenvalue weighted by molar-refractivity contribution is 0.297. The molecule has 0 spiro atoms. The van der Waals surface area contributed by atoms with E-state index in [4.69, 9.17) is 21.1 Å². The molecule has 1 heterocycles. The predicted molar refractivity (Wildman–Crippen MR) is 127 cm³/mol. The summed E-state index contributed by atoms with van der Waals surface area (Å²) in [6, 6.07) is 19.1.